The highest BCUT2D eigenvalue weighted by Crippen LogP contribution is 2.43. The van der Waals surface area contributed by atoms with Crippen LogP contribution < -0.4 is 0 Å². The Bertz CT molecular complexity index is 1090. The van der Waals surface area contributed by atoms with Gasteiger partial charge in [-0.25, -0.2) is 4.57 Å². The van der Waals surface area contributed by atoms with Gasteiger partial charge in [-0.05, 0) is 90.4 Å². The van der Waals surface area contributed by atoms with Crippen LogP contribution in [0.3, 0.4) is 0 Å². The average Bonchev–Trinajstić information content (AvgIpc) is 3.13. The zero-order valence-electron chi connectivity index (χ0n) is 33.6. The van der Waals surface area contributed by atoms with Crippen molar-refractivity contribution in [2.45, 2.75) is 175 Å². The summed E-state index contributed by atoms with van der Waals surface area (Å²) in [5, 5.41) is 0. The number of ether oxygens (including phenoxy) is 2. The molecule has 0 spiro atoms. The van der Waals surface area contributed by atoms with E-state index in [2.05, 4.69) is 86.8 Å². The summed E-state index contributed by atoms with van der Waals surface area (Å²) in [6.45, 7) is 5.27. The maximum atomic E-state index is 12.5. The number of allylic oxidation sites excluding steroid dienone is 12. The van der Waals surface area contributed by atoms with Gasteiger partial charge in [0.2, 0.25) is 0 Å². The van der Waals surface area contributed by atoms with E-state index in [1.807, 2.05) is 0 Å². The van der Waals surface area contributed by atoms with Crippen molar-refractivity contribution in [1.29, 1.82) is 0 Å². The van der Waals surface area contributed by atoms with E-state index < -0.39 is 26.5 Å². The Kier molecular flexibility index (Phi) is 37.3. The minimum absolute atomic E-state index is 0.0127. The molecule has 0 aliphatic rings. The molecule has 1 N–H and O–H groups in total. The van der Waals surface area contributed by atoms with Crippen molar-refractivity contribution in [3.05, 3.63) is 72.9 Å². The number of phosphoric acid groups is 1. The van der Waals surface area contributed by atoms with E-state index in [0.717, 1.165) is 77.0 Å². The Morgan fingerprint density at radius 1 is 0.528 bits per heavy atom. The SMILES string of the molecule is CC/C=C\C/C=C\C/C=C\C/C=C\CCCCC(=O)OC(COC(=O)CCCCCCCCC/C=C\C/C=C\CCCCCC)COP(=O)(O)OCC. The van der Waals surface area contributed by atoms with E-state index in [1.165, 1.54) is 51.4 Å². The molecule has 53 heavy (non-hydrogen) atoms. The van der Waals surface area contributed by atoms with Gasteiger partial charge >= 0.3 is 19.8 Å². The minimum Gasteiger partial charge on any atom is -0.462 e. The number of rotatable bonds is 37. The zero-order chi connectivity index (χ0) is 38.9. The molecule has 0 radical (unpaired) electrons. The van der Waals surface area contributed by atoms with E-state index in [-0.39, 0.29) is 32.0 Å². The first kappa shape index (κ1) is 50.5. The van der Waals surface area contributed by atoms with E-state index in [0.29, 0.717) is 6.42 Å². The molecule has 0 aromatic carbocycles. The van der Waals surface area contributed by atoms with Crippen LogP contribution in [0.1, 0.15) is 168 Å². The van der Waals surface area contributed by atoms with Gasteiger partial charge in [0.1, 0.15) is 6.61 Å². The van der Waals surface area contributed by atoms with E-state index >= 15 is 0 Å². The number of carbonyl (C=O) groups excluding carboxylic acids is 2. The number of hydrogen-bond acceptors (Lipinski definition) is 7. The Morgan fingerprint density at radius 3 is 1.49 bits per heavy atom. The number of carbonyl (C=O) groups is 2. The van der Waals surface area contributed by atoms with E-state index in [1.54, 1.807) is 6.92 Å². The fraction of sp³-hybridized carbons (Fsp3) is 0.682. The number of esters is 2. The molecule has 0 aromatic rings. The second kappa shape index (κ2) is 39.2. The summed E-state index contributed by atoms with van der Waals surface area (Å²) in [7, 11) is -4.30. The fourth-order valence-corrected chi connectivity index (χ4v) is 5.99. The van der Waals surface area contributed by atoms with Crippen LogP contribution in [-0.4, -0.2) is 42.8 Å². The summed E-state index contributed by atoms with van der Waals surface area (Å²) in [5.74, 6) is -0.861. The highest BCUT2D eigenvalue weighted by molar-refractivity contribution is 7.47. The molecule has 0 aliphatic carbocycles. The van der Waals surface area contributed by atoms with Gasteiger partial charge in [-0.15, -0.1) is 0 Å². The van der Waals surface area contributed by atoms with Crippen molar-refractivity contribution in [2.24, 2.45) is 0 Å². The molecule has 0 heterocycles. The molecule has 0 aliphatic heterocycles. The third-order valence-electron chi connectivity index (χ3n) is 8.25. The quantitative estimate of drug-likeness (QED) is 0.0288. The van der Waals surface area contributed by atoms with Crippen LogP contribution in [0.15, 0.2) is 72.9 Å². The second-order valence-electron chi connectivity index (χ2n) is 13.3. The Morgan fingerprint density at radius 2 is 0.962 bits per heavy atom. The molecule has 0 amide bonds. The first-order valence-electron chi connectivity index (χ1n) is 20.7. The molecule has 0 saturated heterocycles. The molecule has 8 nitrogen and oxygen atoms in total. The monoisotopic (exact) mass is 763 g/mol. The summed E-state index contributed by atoms with van der Waals surface area (Å²) < 4.78 is 32.5. The standard InChI is InChI=1S/C44H75O8P/c1-4-7-9-11-13-15-17-19-21-22-23-25-26-28-30-32-34-36-38-43(45)49-40-42(41-51-53(47,48)50-6-3)52-44(46)39-37-35-33-31-29-27-24-20-18-16-14-12-10-8-5-2/h8,10,14-17,20-22,24,29,31,42H,4-7,9,11-13,18-19,23,25-28,30,32-41H2,1-3H3,(H,47,48)/b10-8-,16-14-,17-15-,22-21-,24-20-,31-29-. The molecule has 2 atom stereocenters. The lowest BCUT2D eigenvalue weighted by atomic mass is 10.1. The summed E-state index contributed by atoms with van der Waals surface area (Å²) >= 11 is 0. The highest BCUT2D eigenvalue weighted by atomic mass is 31.2. The van der Waals surface area contributed by atoms with Crippen molar-refractivity contribution >= 4 is 19.8 Å². The molecule has 0 bridgehead atoms. The molecule has 0 saturated carbocycles. The molecular weight excluding hydrogens is 687 g/mol. The fourth-order valence-electron chi connectivity index (χ4n) is 5.24. The Balaban J connectivity index is 4.19. The predicted octanol–water partition coefficient (Wildman–Crippen LogP) is 12.9. The summed E-state index contributed by atoms with van der Waals surface area (Å²) in [6, 6.07) is 0. The van der Waals surface area contributed by atoms with Crippen LogP contribution in [0.5, 0.6) is 0 Å². The van der Waals surface area contributed by atoms with Crippen molar-refractivity contribution in [2.75, 3.05) is 19.8 Å². The third-order valence-corrected chi connectivity index (χ3v) is 9.31. The van der Waals surface area contributed by atoms with Crippen LogP contribution >= 0.6 is 7.82 Å². The normalized spacial score (nSPS) is 14.1. The van der Waals surface area contributed by atoms with Gasteiger partial charge in [0, 0.05) is 12.8 Å². The van der Waals surface area contributed by atoms with Crippen LogP contribution in [0.25, 0.3) is 0 Å². The van der Waals surface area contributed by atoms with Gasteiger partial charge in [0.05, 0.1) is 13.2 Å². The van der Waals surface area contributed by atoms with Gasteiger partial charge in [-0.3, -0.25) is 18.6 Å². The largest absolute Gasteiger partial charge is 0.472 e. The van der Waals surface area contributed by atoms with Crippen molar-refractivity contribution < 1.29 is 37.6 Å². The Hall–Kier alpha value is -2.51. The summed E-state index contributed by atoms with van der Waals surface area (Å²) in [5.41, 5.74) is 0. The van der Waals surface area contributed by atoms with E-state index in [9.17, 15) is 19.0 Å². The van der Waals surface area contributed by atoms with E-state index in [4.69, 9.17) is 18.5 Å². The van der Waals surface area contributed by atoms with Crippen LogP contribution in [0.4, 0.5) is 0 Å². The van der Waals surface area contributed by atoms with Gasteiger partial charge in [-0.2, -0.15) is 0 Å². The Labute approximate surface area is 323 Å². The molecule has 0 aromatic heterocycles. The lowest BCUT2D eigenvalue weighted by molar-refractivity contribution is -0.161. The molecule has 0 rings (SSSR count). The number of hydrogen-bond donors (Lipinski definition) is 1. The topological polar surface area (TPSA) is 108 Å². The van der Waals surface area contributed by atoms with Crippen molar-refractivity contribution in [3.8, 4) is 0 Å². The highest BCUT2D eigenvalue weighted by Gasteiger charge is 2.25. The molecule has 9 heteroatoms. The zero-order valence-corrected chi connectivity index (χ0v) is 34.5. The number of unbranched alkanes of at least 4 members (excludes halogenated alkanes) is 13. The van der Waals surface area contributed by atoms with Gasteiger partial charge in [-0.1, -0.05) is 138 Å². The van der Waals surface area contributed by atoms with Crippen LogP contribution in [0.2, 0.25) is 0 Å². The molecule has 0 fully saturated rings. The van der Waals surface area contributed by atoms with Crippen LogP contribution in [-0.2, 0) is 32.7 Å². The average molecular weight is 763 g/mol. The molecule has 2 unspecified atom stereocenters. The third kappa shape index (κ3) is 39.0. The maximum Gasteiger partial charge on any atom is 0.472 e. The minimum atomic E-state index is -4.30. The summed E-state index contributed by atoms with van der Waals surface area (Å²) in [6.07, 6.45) is 48.1. The molecule has 304 valence electrons. The van der Waals surface area contributed by atoms with Gasteiger partial charge in [0.25, 0.3) is 0 Å². The van der Waals surface area contributed by atoms with Gasteiger partial charge < -0.3 is 14.4 Å². The lowest BCUT2D eigenvalue weighted by Gasteiger charge is -2.19. The molecular formula is C44H75O8P. The smallest absolute Gasteiger partial charge is 0.462 e. The number of phosphoric ester groups is 1. The lowest BCUT2D eigenvalue weighted by Crippen LogP contribution is -2.29. The van der Waals surface area contributed by atoms with Crippen molar-refractivity contribution in [1.82, 2.24) is 0 Å². The van der Waals surface area contributed by atoms with Crippen molar-refractivity contribution in [3.63, 3.8) is 0 Å². The van der Waals surface area contributed by atoms with Crippen LogP contribution in [0, 0.1) is 0 Å². The first-order chi connectivity index (χ1) is 25.8. The van der Waals surface area contributed by atoms with Gasteiger partial charge in [0.15, 0.2) is 6.10 Å². The second-order valence-corrected chi connectivity index (χ2v) is 14.7. The first-order valence-corrected chi connectivity index (χ1v) is 22.2. The maximum absolute atomic E-state index is 12.5. The summed E-state index contributed by atoms with van der Waals surface area (Å²) in [4.78, 5) is 34.7. The predicted molar refractivity (Wildman–Crippen MR) is 221 cm³/mol.